The zero-order valence-corrected chi connectivity index (χ0v) is 11.4. The summed E-state index contributed by atoms with van der Waals surface area (Å²) in [7, 11) is 0. The maximum atomic E-state index is 5.69. The number of pyridine rings is 1. The Bertz CT molecular complexity index is 562. The molecule has 19 heavy (non-hydrogen) atoms. The van der Waals surface area contributed by atoms with Gasteiger partial charge in [-0.1, -0.05) is 12.1 Å². The van der Waals surface area contributed by atoms with Gasteiger partial charge < -0.3 is 10.1 Å². The van der Waals surface area contributed by atoms with Crippen molar-refractivity contribution in [3.8, 4) is 5.75 Å². The molecule has 1 fully saturated rings. The molecule has 0 amide bonds. The molecule has 1 aliphatic heterocycles. The average molecular weight is 256 g/mol. The van der Waals surface area contributed by atoms with Crippen LogP contribution in [-0.4, -0.2) is 24.7 Å². The first-order chi connectivity index (χ1) is 9.40. The molecule has 1 aromatic heterocycles. The number of benzene rings is 1. The van der Waals surface area contributed by atoms with Crippen molar-refractivity contribution in [3.05, 3.63) is 36.0 Å². The van der Waals surface area contributed by atoms with E-state index in [1.54, 1.807) is 0 Å². The van der Waals surface area contributed by atoms with Gasteiger partial charge in [-0.3, -0.25) is 4.98 Å². The summed E-state index contributed by atoms with van der Waals surface area (Å²) in [6, 6.07) is 8.42. The largest absolute Gasteiger partial charge is 0.492 e. The lowest BCUT2D eigenvalue weighted by molar-refractivity contribution is 0.343. The van der Waals surface area contributed by atoms with E-state index in [1.165, 1.54) is 23.8 Å². The third-order valence-corrected chi connectivity index (χ3v) is 3.85. The Hall–Kier alpha value is -1.61. The Morgan fingerprint density at radius 3 is 2.89 bits per heavy atom. The Kier molecular flexibility index (Phi) is 3.65. The lowest BCUT2D eigenvalue weighted by Gasteiger charge is -2.24. The van der Waals surface area contributed by atoms with Gasteiger partial charge in [-0.25, -0.2) is 0 Å². The van der Waals surface area contributed by atoms with Crippen molar-refractivity contribution in [2.45, 2.75) is 25.7 Å². The maximum Gasteiger partial charge on any atom is 0.145 e. The molecule has 0 saturated carbocycles. The van der Waals surface area contributed by atoms with Gasteiger partial charge in [0.15, 0.2) is 0 Å². The first-order valence-corrected chi connectivity index (χ1v) is 7.11. The van der Waals surface area contributed by atoms with Crippen LogP contribution in [0.15, 0.2) is 30.5 Å². The number of aromatic nitrogens is 1. The number of hydrogen-bond acceptors (Lipinski definition) is 3. The third kappa shape index (κ3) is 2.43. The van der Waals surface area contributed by atoms with Gasteiger partial charge in [0.1, 0.15) is 11.3 Å². The number of ether oxygens (including phenoxy) is 1. The second kappa shape index (κ2) is 5.57. The van der Waals surface area contributed by atoms with Crippen LogP contribution in [0, 0.1) is 0 Å². The molecule has 0 unspecified atom stereocenters. The lowest BCUT2D eigenvalue weighted by Crippen LogP contribution is -2.26. The monoisotopic (exact) mass is 256 g/mol. The third-order valence-electron chi connectivity index (χ3n) is 3.85. The second-order valence-electron chi connectivity index (χ2n) is 5.01. The average Bonchev–Trinajstić information content (AvgIpc) is 2.48. The predicted molar refractivity (Wildman–Crippen MR) is 77.8 cm³/mol. The number of fused-ring (bicyclic) bond motifs is 1. The summed E-state index contributed by atoms with van der Waals surface area (Å²) in [5, 5.41) is 4.67. The van der Waals surface area contributed by atoms with Gasteiger partial charge in [0.05, 0.1) is 6.61 Å². The number of nitrogens with zero attached hydrogens (tertiary/aromatic N) is 1. The highest BCUT2D eigenvalue weighted by Gasteiger charge is 2.18. The predicted octanol–water partition coefficient (Wildman–Crippen LogP) is 3.10. The summed E-state index contributed by atoms with van der Waals surface area (Å²) in [5.74, 6) is 1.54. The van der Waals surface area contributed by atoms with Gasteiger partial charge >= 0.3 is 0 Å². The molecule has 1 N–H and O–H groups in total. The van der Waals surface area contributed by atoms with Crippen LogP contribution in [-0.2, 0) is 0 Å². The van der Waals surface area contributed by atoms with Crippen LogP contribution in [0.5, 0.6) is 5.75 Å². The van der Waals surface area contributed by atoms with Crippen molar-refractivity contribution in [1.29, 1.82) is 0 Å². The first-order valence-electron chi connectivity index (χ1n) is 7.11. The molecule has 0 atom stereocenters. The van der Waals surface area contributed by atoms with Crippen molar-refractivity contribution < 1.29 is 4.74 Å². The lowest BCUT2D eigenvalue weighted by atomic mass is 9.88. The summed E-state index contributed by atoms with van der Waals surface area (Å²) in [6.07, 6.45) is 4.33. The van der Waals surface area contributed by atoms with E-state index >= 15 is 0 Å². The standard InChI is InChI=1S/C16H20N2O/c1-2-19-15-5-3-4-14-13(8-11-18-16(14)15)12-6-9-17-10-7-12/h3-5,8,11-12,17H,2,6-7,9-10H2,1H3. The molecule has 100 valence electrons. The molecule has 1 aromatic carbocycles. The van der Waals surface area contributed by atoms with E-state index in [-0.39, 0.29) is 0 Å². The number of nitrogens with one attached hydrogen (secondary N) is 1. The highest BCUT2D eigenvalue weighted by Crippen LogP contribution is 2.33. The molecular weight excluding hydrogens is 236 g/mol. The molecule has 0 aliphatic carbocycles. The Labute approximate surface area is 114 Å². The maximum absolute atomic E-state index is 5.69. The summed E-state index contributed by atoms with van der Waals surface area (Å²) in [6.45, 7) is 4.91. The highest BCUT2D eigenvalue weighted by molar-refractivity contribution is 5.87. The highest BCUT2D eigenvalue weighted by atomic mass is 16.5. The molecule has 1 aliphatic rings. The van der Waals surface area contributed by atoms with Crippen LogP contribution in [0.1, 0.15) is 31.2 Å². The van der Waals surface area contributed by atoms with Crippen LogP contribution < -0.4 is 10.1 Å². The Balaban J connectivity index is 2.07. The van der Waals surface area contributed by atoms with Crippen LogP contribution in [0.25, 0.3) is 10.9 Å². The summed E-state index contributed by atoms with van der Waals surface area (Å²) < 4.78 is 5.69. The van der Waals surface area contributed by atoms with Gasteiger partial charge in [0, 0.05) is 11.6 Å². The van der Waals surface area contributed by atoms with Gasteiger partial charge in [0.2, 0.25) is 0 Å². The van der Waals surface area contributed by atoms with Crippen molar-refractivity contribution >= 4 is 10.9 Å². The van der Waals surface area contributed by atoms with E-state index in [2.05, 4.69) is 28.5 Å². The molecule has 2 heterocycles. The number of piperidine rings is 1. The molecule has 0 bridgehead atoms. The SMILES string of the molecule is CCOc1cccc2c(C3CCNCC3)ccnc12. The van der Waals surface area contributed by atoms with E-state index in [0.29, 0.717) is 12.5 Å². The van der Waals surface area contributed by atoms with E-state index < -0.39 is 0 Å². The molecule has 3 rings (SSSR count). The minimum absolute atomic E-state index is 0.642. The van der Waals surface area contributed by atoms with E-state index in [9.17, 15) is 0 Å². The molecule has 0 radical (unpaired) electrons. The Morgan fingerprint density at radius 2 is 2.11 bits per heavy atom. The Morgan fingerprint density at radius 1 is 1.26 bits per heavy atom. The van der Waals surface area contributed by atoms with Crippen LogP contribution >= 0.6 is 0 Å². The second-order valence-corrected chi connectivity index (χ2v) is 5.01. The van der Waals surface area contributed by atoms with Crippen LogP contribution in [0.2, 0.25) is 0 Å². The quantitative estimate of drug-likeness (QED) is 0.916. The number of rotatable bonds is 3. The fourth-order valence-corrected chi connectivity index (χ4v) is 2.93. The van der Waals surface area contributed by atoms with Crippen LogP contribution in [0.3, 0.4) is 0 Å². The summed E-state index contributed by atoms with van der Waals surface area (Å²) in [4.78, 5) is 4.51. The molecule has 2 aromatic rings. The van der Waals surface area contributed by atoms with Gasteiger partial charge in [0.25, 0.3) is 0 Å². The molecular formula is C16H20N2O. The topological polar surface area (TPSA) is 34.1 Å². The fraction of sp³-hybridized carbons (Fsp3) is 0.438. The smallest absolute Gasteiger partial charge is 0.145 e. The molecule has 3 nitrogen and oxygen atoms in total. The first kappa shape index (κ1) is 12.4. The minimum atomic E-state index is 0.642. The zero-order valence-electron chi connectivity index (χ0n) is 11.4. The van der Waals surface area contributed by atoms with E-state index in [0.717, 1.165) is 24.4 Å². The normalized spacial score (nSPS) is 16.7. The zero-order chi connectivity index (χ0) is 13.1. The summed E-state index contributed by atoms with van der Waals surface area (Å²) >= 11 is 0. The number of para-hydroxylation sites is 1. The molecule has 3 heteroatoms. The van der Waals surface area contributed by atoms with Crippen molar-refractivity contribution in [2.24, 2.45) is 0 Å². The number of hydrogen-bond donors (Lipinski definition) is 1. The minimum Gasteiger partial charge on any atom is -0.492 e. The van der Waals surface area contributed by atoms with Gasteiger partial charge in [-0.15, -0.1) is 0 Å². The molecule has 0 spiro atoms. The van der Waals surface area contributed by atoms with Crippen molar-refractivity contribution in [1.82, 2.24) is 10.3 Å². The molecule has 1 saturated heterocycles. The van der Waals surface area contributed by atoms with E-state index in [1.807, 2.05) is 19.2 Å². The summed E-state index contributed by atoms with van der Waals surface area (Å²) in [5.41, 5.74) is 2.42. The van der Waals surface area contributed by atoms with Crippen molar-refractivity contribution in [2.75, 3.05) is 19.7 Å². The fourth-order valence-electron chi connectivity index (χ4n) is 2.93. The van der Waals surface area contributed by atoms with Crippen LogP contribution in [0.4, 0.5) is 0 Å². The van der Waals surface area contributed by atoms with Gasteiger partial charge in [-0.2, -0.15) is 0 Å². The van der Waals surface area contributed by atoms with E-state index in [4.69, 9.17) is 4.74 Å². The van der Waals surface area contributed by atoms with Crippen molar-refractivity contribution in [3.63, 3.8) is 0 Å². The van der Waals surface area contributed by atoms with Gasteiger partial charge in [-0.05, 0) is 56.5 Å².